The Balaban J connectivity index is 3.61. The van der Waals surface area contributed by atoms with Gasteiger partial charge in [-0.3, -0.25) is 4.79 Å². The smallest absolute Gasteiger partial charge is 0.220 e. The first-order valence-corrected chi connectivity index (χ1v) is 7.00. The third-order valence-electron chi connectivity index (χ3n) is 2.85. The van der Waals surface area contributed by atoms with Gasteiger partial charge in [-0.2, -0.15) is 0 Å². The maximum atomic E-state index is 11.6. The number of carbonyl (C=O) groups is 1. The Bertz CT molecular complexity index is 193. The Morgan fingerprint density at radius 2 is 1.82 bits per heavy atom. The van der Waals surface area contributed by atoms with E-state index in [1.165, 1.54) is 19.3 Å². The maximum absolute atomic E-state index is 11.6. The summed E-state index contributed by atoms with van der Waals surface area (Å²) in [4.78, 5) is 11.6. The zero-order valence-electron chi connectivity index (χ0n) is 11.7. The average molecular weight is 243 g/mol. The van der Waals surface area contributed by atoms with Crippen LogP contribution in [-0.4, -0.2) is 23.7 Å². The number of nitrogens with one attached hydrogen (secondary N) is 1. The number of amides is 1. The van der Waals surface area contributed by atoms with Gasteiger partial charge < -0.3 is 10.4 Å². The lowest BCUT2D eigenvalue weighted by Gasteiger charge is -2.18. The number of carbonyl (C=O) groups excluding carboxylic acids is 1. The molecule has 2 N–H and O–H groups in total. The van der Waals surface area contributed by atoms with Crippen molar-refractivity contribution in [2.75, 3.05) is 6.61 Å². The average Bonchev–Trinajstić information content (AvgIpc) is 2.27. The molecular weight excluding hydrogens is 214 g/mol. The molecule has 0 saturated carbocycles. The fourth-order valence-corrected chi connectivity index (χ4v) is 1.94. The lowest BCUT2D eigenvalue weighted by atomic mass is 10.0. The SMILES string of the molecule is CCCCCCCC(=O)NC(CO)CC(C)C. The molecule has 3 heteroatoms. The van der Waals surface area contributed by atoms with Crippen LogP contribution in [0.5, 0.6) is 0 Å². The summed E-state index contributed by atoms with van der Waals surface area (Å²) in [5.74, 6) is 0.582. The van der Waals surface area contributed by atoms with Gasteiger partial charge in [-0.15, -0.1) is 0 Å². The van der Waals surface area contributed by atoms with Gasteiger partial charge in [0, 0.05) is 6.42 Å². The molecule has 3 nitrogen and oxygen atoms in total. The highest BCUT2D eigenvalue weighted by Gasteiger charge is 2.12. The highest BCUT2D eigenvalue weighted by Crippen LogP contribution is 2.07. The number of aliphatic hydroxyl groups is 1. The van der Waals surface area contributed by atoms with Crippen LogP contribution < -0.4 is 5.32 Å². The number of aliphatic hydroxyl groups excluding tert-OH is 1. The molecule has 0 bridgehead atoms. The molecule has 0 aliphatic carbocycles. The molecule has 0 aromatic heterocycles. The maximum Gasteiger partial charge on any atom is 0.220 e. The first-order chi connectivity index (χ1) is 8.10. The van der Waals surface area contributed by atoms with Crippen molar-refractivity contribution in [3.8, 4) is 0 Å². The van der Waals surface area contributed by atoms with Gasteiger partial charge in [0.2, 0.25) is 5.91 Å². The van der Waals surface area contributed by atoms with Crippen molar-refractivity contribution in [3.63, 3.8) is 0 Å². The molecule has 0 saturated heterocycles. The zero-order chi connectivity index (χ0) is 13.1. The Hall–Kier alpha value is -0.570. The highest BCUT2D eigenvalue weighted by molar-refractivity contribution is 5.76. The van der Waals surface area contributed by atoms with E-state index < -0.39 is 0 Å². The van der Waals surface area contributed by atoms with Crippen LogP contribution in [0, 0.1) is 5.92 Å². The molecule has 0 fully saturated rings. The summed E-state index contributed by atoms with van der Waals surface area (Å²) in [5.41, 5.74) is 0. The van der Waals surface area contributed by atoms with E-state index in [0.717, 1.165) is 19.3 Å². The molecule has 0 rings (SSSR count). The first-order valence-electron chi connectivity index (χ1n) is 7.00. The Morgan fingerprint density at radius 3 is 2.35 bits per heavy atom. The topological polar surface area (TPSA) is 49.3 Å². The normalized spacial score (nSPS) is 12.8. The van der Waals surface area contributed by atoms with Gasteiger partial charge in [-0.05, 0) is 18.8 Å². The third-order valence-corrected chi connectivity index (χ3v) is 2.85. The van der Waals surface area contributed by atoms with Crippen LogP contribution in [0.25, 0.3) is 0 Å². The summed E-state index contributed by atoms with van der Waals surface area (Å²) in [6.07, 6.45) is 7.25. The minimum atomic E-state index is -0.0712. The fourth-order valence-electron chi connectivity index (χ4n) is 1.94. The van der Waals surface area contributed by atoms with Gasteiger partial charge in [0.25, 0.3) is 0 Å². The van der Waals surface area contributed by atoms with Gasteiger partial charge in [0.15, 0.2) is 0 Å². The van der Waals surface area contributed by atoms with Crippen molar-refractivity contribution in [1.29, 1.82) is 0 Å². The quantitative estimate of drug-likeness (QED) is 0.580. The van der Waals surface area contributed by atoms with Crippen molar-refractivity contribution >= 4 is 5.91 Å². The summed E-state index contributed by atoms with van der Waals surface area (Å²) >= 11 is 0. The van der Waals surface area contributed by atoms with Gasteiger partial charge in [-0.25, -0.2) is 0 Å². The van der Waals surface area contributed by atoms with E-state index in [1.54, 1.807) is 0 Å². The van der Waals surface area contributed by atoms with Crippen molar-refractivity contribution in [1.82, 2.24) is 5.32 Å². The zero-order valence-corrected chi connectivity index (χ0v) is 11.7. The largest absolute Gasteiger partial charge is 0.394 e. The third kappa shape index (κ3) is 10.3. The molecule has 102 valence electrons. The van der Waals surface area contributed by atoms with E-state index in [2.05, 4.69) is 26.1 Å². The molecule has 0 aromatic carbocycles. The second-order valence-electron chi connectivity index (χ2n) is 5.24. The molecule has 1 unspecified atom stereocenters. The fraction of sp³-hybridized carbons (Fsp3) is 0.929. The molecule has 17 heavy (non-hydrogen) atoms. The molecule has 1 amide bonds. The number of hydrogen-bond acceptors (Lipinski definition) is 2. The summed E-state index contributed by atoms with van der Waals surface area (Å²) in [6.45, 7) is 6.42. The highest BCUT2D eigenvalue weighted by atomic mass is 16.3. The second kappa shape index (κ2) is 10.6. The monoisotopic (exact) mass is 243 g/mol. The van der Waals surface area contributed by atoms with Crippen molar-refractivity contribution in [3.05, 3.63) is 0 Å². The second-order valence-corrected chi connectivity index (χ2v) is 5.24. The van der Waals surface area contributed by atoms with E-state index in [4.69, 9.17) is 5.11 Å². The Kier molecular flexibility index (Phi) is 10.2. The summed E-state index contributed by atoms with van der Waals surface area (Å²) < 4.78 is 0. The minimum Gasteiger partial charge on any atom is -0.394 e. The molecule has 0 spiro atoms. The van der Waals surface area contributed by atoms with Crippen molar-refractivity contribution in [2.24, 2.45) is 5.92 Å². The predicted molar refractivity (Wildman–Crippen MR) is 71.8 cm³/mol. The van der Waals surface area contributed by atoms with Crippen LogP contribution in [0.2, 0.25) is 0 Å². The molecule has 0 aromatic rings. The van der Waals surface area contributed by atoms with Crippen molar-refractivity contribution in [2.45, 2.75) is 71.8 Å². The van der Waals surface area contributed by atoms with Crippen LogP contribution in [0.1, 0.15) is 65.7 Å². The minimum absolute atomic E-state index is 0.0414. The van der Waals surface area contributed by atoms with Gasteiger partial charge in [0.05, 0.1) is 12.6 Å². The lowest BCUT2D eigenvalue weighted by molar-refractivity contribution is -0.122. The van der Waals surface area contributed by atoms with Crippen LogP contribution in [0.4, 0.5) is 0 Å². The van der Waals surface area contributed by atoms with Crippen LogP contribution in [0.15, 0.2) is 0 Å². The van der Waals surface area contributed by atoms with E-state index in [9.17, 15) is 4.79 Å². The molecular formula is C14H29NO2. The summed E-state index contributed by atoms with van der Waals surface area (Å²) in [7, 11) is 0. The van der Waals surface area contributed by atoms with E-state index in [-0.39, 0.29) is 18.6 Å². The molecule has 0 aliphatic rings. The molecule has 1 atom stereocenters. The predicted octanol–water partition coefficient (Wildman–Crippen LogP) is 2.87. The van der Waals surface area contributed by atoms with E-state index in [0.29, 0.717) is 12.3 Å². The first kappa shape index (κ1) is 16.4. The van der Waals surface area contributed by atoms with Crippen molar-refractivity contribution < 1.29 is 9.90 Å². The number of unbranched alkanes of at least 4 members (excludes halogenated alkanes) is 4. The summed E-state index contributed by atoms with van der Waals surface area (Å²) in [6, 6.07) is -0.0712. The van der Waals surface area contributed by atoms with Gasteiger partial charge >= 0.3 is 0 Å². The van der Waals surface area contributed by atoms with E-state index >= 15 is 0 Å². The van der Waals surface area contributed by atoms with Crippen LogP contribution in [0.3, 0.4) is 0 Å². The van der Waals surface area contributed by atoms with Gasteiger partial charge in [-0.1, -0.05) is 46.5 Å². The molecule has 0 radical (unpaired) electrons. The van der Waals surface area contributed by atoms with Gasteiger partial charge in [0.1, 0.15) is 0 Å². The standard InChI is InChI=1S/C14H29NO2/c1-4-5-6-7-8-9-14(17)15-13(11-16)10-12(2)3/h12-13,16H,4-11H2,1-3H3,(H,15,17). The molecule has 0 heterocycles. The number of rotatable bonds is 10. The molecule has 0 aliphatic heterocycles. The number of hydrogen-bond donors (Lipinski definition) is 2. The van der Waals surface area contributed by atoms with Crippen LogP contribution in [-0.2, 0) is 4.79 Å². The van der Waals surface area contributed by atoms with Crippen LogP contribution >= 0.6 is 0 Å². The Morgan fingerprint density at radius 1 is 1.18 bits per heavy atom. The van der Waals surface area contributed by atoms with E-state index in [1.807, 2.05) is 0 Å². The lowest BCUT2D eigenvalue weighted by Crippen LogP contribution is -2.38. The summed E-state index contributed by atoms with van der Waals surface area (Å²) in [5, 5.41) is 12.1. The Labute approximate surface area is 106 Å².